The number of para-hydroxylation sites is 1. The van der Waals surface area contributed by atoms with Gasteiger partial charge in [-0.05, 0) is 45.8 Å². The van der Waals surface area contributed by atoms with E-state index >= 15 is 0 Å². The first kappa shape index (κ1) is 12.7. The zero-order valence-electron chi connectivity index (χ0n) is 9.95. The van der Waals surface area contributed by atoms with Crippen molar-refractivity contribution in [3.05, 3.63) is 62.6 Å². The van der Waals surface area contributed by atoms with Gasteiger partial charge in [-0.25, -0.2) is 0 Å². The van der Waals surface area contributed by atoms with Crippen LogP contribution in [0.1, 0.15) is 21.5 Å². The number of ether oxygens (including phenoxy) is 1. The third-order valence-electron chi connectivity index (χ3n) is 3.14. The molecule has 0 spiro atoms. The lowest BCUT2D eigenvalue weighted by molar-refractivity contribution is 0.103. The van der Waals surface area contributed by atoms with E-state index in [2.05, 4.69) is 15.9 Å². The Bertz CT molecular complexity index is 667. The summed E-state index contributed by atoms with van der Waals surface area (Å²) in [5, 5.41) is 0.589. The topological polar surface area (TPSA) is 26.3 Å². The fraction of sp³-hybridized carbons (Fsp3) is 0.133. The number of fused-ring (bicyclic) bond motifs is 1. The molecule has 0 amide bonds. The van der Waals surface area contributed by atoms with Crippen LogP contribution in [0.5, 0.6) is 5.75 Å². The van der Waals surface area contributed by atoms with Crippen LogP contribution in [0.15, 0.2) is 40.9 Å². The van der Waals surface area contributed by atoms with Crippen molar-refractivity contribution in [3.63, 3.8) is 0 Å². The van der Waals surface area contributed by atoms with Gasteiger partial charge in [0.15, 0.2) is 5.78 Å². The minimum atomic E-state index is -0.0453. The Morgan fingerprint density at radius 2 is 2.11 bits per heavy atom. The molecule has 1 aliphatic rings. The lowest BCUT2D eigenvalue weighted by atomic mass is 10.00. The summed E-state index contributed by atoms with van der Waals surface area (Å²) in [7, 11) is 0. The molecular formula is C15H10BrClO2. The van der Waals surface area contributed by atoms with E-state index in [1.807, 2.05) is 12.1 Å². The highest BCUT2D eigenvalue weighted by Gasteiger charge is 2.21. The summed E-state index contributed by atoms with van der Waals surface area (Å²) in [6.45, 7) is 0.643. The van der Waals surface area contributed by atoms with Crippen molar-refractivity contribution in [3.8, 4) is 5.75 Å². The van der Waals surface area contributed by atoms with Crippen LogP contribution in [0.2, 0.25) is 5.02 Å². The summed E-state index contributed by atoms with van der Waals surface area (Å²) in [4.78, 5) is 12.5. The normalized spacial score (nSPS) is 12.9. The number of halogens is 2. The molecule has 2 nitrogen and oxygen atoms in total. The Hall–Kier alpha value is -1.32. The number of hydrogen-bond acceptors (Lipinski definition) is 2. The van der Waals surface area contributed by atoms with Crippen LogP contribution < -0.4 is 4.74 Å². The molecule has 4 heteroatoms. The molecule has 0 bridgehead atoms. The first-order valence-corrected chi connectivity index (χ1v) is 7.08. The molecule has 19 heavy (non-hydrogen) atoms. The zero-order valence-corrected chi connectivity index (χ0v) is 12.3. The van der Waals surface area contributed by atoms with Crippen LogP contribution in [-0.4, -0.2) is 12.4 Å². The second-order valence-electron chi connectivity index (χ2n) is 4.35. The molecule has 0 radical (unpaired) electrons. The summed E-state index contributed by atoms with van der Waals surface area (Å²) in [5.74, 6) is 0.676. The maximum atomic E-state index is 12.5. The standard InChI is InChI=1S/C15H10BrClO2/c16-12-8-10(4-5-13(12)17)14(18)11-3-1-2-9-6-7-19-15(9)11/h1-5,8H,6-7H2. The van der Waals surface area contributed by atoms with Crippen molar-refractivity contribution in [1.82, 2.24) is 0 Å². The summed E-state index contributed by atoms with van der Waals surface area (Å²) >= 11 is 9.28. The molecule has 0 unspecified atom stereocenters. The van der Waals surface area contributed by atoms with Crippen LogP contribution >= 0.6 is 27.5 Å². The highest BCUT2D eigenvalue weighted by atomic mass is 79.9. The van der Waals surface area contributed by atoms with Gasteiger partial charge in [-0.3, -0.25) is 4.79 Å². The number of benzene rings is 2. The minimum absolute atomic E-state index is 0.0453. The van der Waals surface area contributed by atoms with E-state index in [1.165, 1.54) is 0 Å². The predicted molar refractivity (Wildman–Crippen MR) is 78.2 cm³/mol. The SMILES string of the molecule is O=C(c1ccc(Cl)c(Br)c1)c1cccc2c1OCC2. The Morgan fingerprint density at radius 3 is 2.89 bits per heavy atom. The average Bonchev–Trinajstić information content (AvgIpc) is 2.89. The van der Waals surface area contributed by atoms with E-state index < -0.39 is 0 Å². The van der Waals surface area contributed by atoms with Crippen molar-refractivity contribution in [1.29, 1.82) is 0 Å². The number of carbonyl (C=O) groups is 1. The highest BCUT2D eigenvalue weighted by molar-refractivity contribution is 9.10. The van der Waals surface area contributed by atoms with Gasteiger partial charge in [0.1, 0.15) is 5.75 Å². The molecule has 0 fully saturated rings. The van der Waals surface area contributed by atoms with Gasteiger partial charge >= 0.3 is 0 Å². The smallest absolute Gasteiger partial charge is 0.196 e. The lowest BCUT2D eigenvalue weighted by Crippen LogP contribution is -2.03. The van der Waals surface area contributed by atoms with Crippen molar-refractivity contribution in [2.75, 3.05) is 6.61 Å². The van der Waals surface area contributed by atoms with Gasteiger partial charge in [0.25, 0.3) is 0 Å². The van der Waals surface area contributed by atoms with E-state index in [9.17, 15) is 4.79 Å². The van der Waals surface area contributed by atoms with Crippen molar-refractivity contribution in [2.45, 2.75) is 6.42 Å². The fourth-order valence-electron chi connectivity index (χ4n) is 2.19. The number of hydrogen-bond donors (Lipinski definition) is 0. The van der Waals surface area contributed by atoms with E-state index in [0.29, 0.717) is 27.2 Å². The van der Waals surface area contributed by atoms with E-state index in [1.54, 1.807) is 24.3 Å². The number of ketones is 1. The monoisotopic (exact) mass is 336 g/mol. The third-order valence-corrected chi connectivity index (χ3v) is 4.35. The molecule has 96 valence electrons. The Morgan fingerprint density at radius 1 is 1.26 bits per heavy atom. The molecule has 0 atom stereocenters. The van der Waals surface area contributed by atoms with Gasteiger partial charge in [-0.2, -0.15) is 0 Å². The maximum absolute atomic E-state index is 12.5. The molecule has 2 aromatic rings. The maximum Gasteiger partial charge on any atom is 0.196 e. The largest absolute Gasteiger partial charge is 0.492 e. The zero-order chi connectivity index (χ0) is 13.4. The summed E-state index contributed by atoms with van der Waals surface area (Å²) in [6, 6.07) is 10.9. The summed E-state index contributed by atoms with van der Waals surface area (Å²) in [5.41, 5.74) is 2.31. The number of rotatable bonds is 2. The lowest BCUT2D eigenvalue weighted by Gasteiger charge is -2.07. The summed E-state index contributed by atoms with van der Waals surface area (Å²) < 4.78 is 6.28. The first-order chi connectivity index (χ1) is 9.16. The second kappa shape index (κ2) is 4.99. The van der Waals surface area contributed by atoms with E-state index in [0.717, 1.165) is 17.7 Å². The Kier molecular flexibility index (Phi) is 3.33. The average molecular weight is 338 g/mol. The van der Waals surface area contributed by atoms with Crippen LogP contribution in [0.4, 0.5) is 0 Å². The molecule has 1 aliphatic heterocycles. The predicted octanol–water partition coefficient (Wildman–Crippen LogP) is 4.27. The third kappa shape index (κ3) is 2.28. The van der Waals surface area contributed by atoms with Crippen LogP contribution in [-0.2, 0) is 6.42 Å². The van der Waals surface area contributed by atoms with Gasteiger partial charge in [0, 0.05) is 16.5 Å². The second-order valence-corrected chi connectivity index (χ2v) is 5.61. The Labute approximate surface area is 124 Å². The molecule has 0 saturated carbocycles. The molecule has 0 saturated heterocycles. The van der Waals surface area contributed by atoms with Gasteiger partial charge in [-0.15, -0.1) is 0 Å². The van der Waals surface area contributed by atoms with Crippen LogP contribution in [0.25, 0.3) is 0 Å². The molecule has 1 heterocycles. The molecule has 3 rings (SSSR count). The fourth-order valence-corrected chi connectivity index (χ4v) is 2.68. The van der Waals surface area contributed by atoms with Gasteiger partial charge in [0.05, 0.1) is 17.2 Å². The van der Waals surface area contributed by atoms with Crippen LogP contribution in [0.3, 0.4) is 0 Å². The van der Waals surface area contributed by atoms with E-state index in [4.69, 9.17) is 16.3 Å². The molecule has 0 N–H and O–H groups in total. The van der Waals surface area contributed by atoms with Crippen molar-refractivity contribution >= 4 is 33.3 Å². The first-order valence-electron chi connectivity index (χ1n) is 5.91. The quantitative estimate of drug-likeness (QED) is 0.765. The molecule has 2 aromatic carbocycles. The minimum Gasteiger partial charge on any atom is -0.492 e. The molecule has 0 aromatic heterocycles. The molecule has 0 aliphatic carbocycles. The Balaban J connectivity index is 2.05. The molecular weight excluding hydrogens is 328 g/mol. The van der Waals surface area contributed by atoms with Crippen LogP contribution in [0, 0.1) is 0 Å². The highest BCUT2D eigenvalue weighted by Crippen LogP contribution is 2.32. The van der Waals surface area contributed by atoms with Gasteiger partial charge in [0.2, 0.25) is 0 Å². The number of carbonyl (C=O) groups excluding carboxylic acids is 1. The van der Waals surface area contributed by atoms with Crippen molar-refractivity contribution in [2.24, 2.45) is 0 Å². The van der Waals surface area contributed by atoms with Gasteiger partial charge < -0.3 is 4.74 Å². The summed E-state index contributed by atoms with van der Waals surface area (Å²) in [6.07, 6.45) is 0.862. The van der Waals surface area contributed by atoms with E-state index in [-0.39, 0.29) is 5.78 Å². The van der Waals surface area contributed by atoms with Crippen molar-refractivity contribution < 1.29 is 9.53 Å². The van der Waals surface area contributed by atoms with Gasteiger partial charge in [-0.1, -0.05) is 23.7 Å².